The molecule has 0 N–H and O–H groups in total. The molecule has 1 aromatic carbocycles. The van der Waals surface area contributed by atoms with Crippen LogP contribution in [0.25, 0.3) is 0 Å². The molecule has 2 nitrogen and oxygen atoms in total. The summed E-state index contributed by atoms with van der Waals surface area (Å²) in [7, 11) is 0. The average molecular weight is 214 g/mol. The minimum absolute atomic E-state index is 1.06. The van der Waals surface area contributed by atoms with Crippen LogP contribution in [0.3, 0.4) is 0 Å². The number of imidazole rings is 1. The highest BCUT2D eigenvalue weighted by Gasteiger charge is 2.01. The molecule has 0 radical (unpaired) electrons. The summed E-state index contributed by atoms with van der Waals surface area (Å²) in [5, 5.41) is 0. The smallest absolute Gasteiger partial charge is 0.0951 e. The first-order chi connectivity index (χ1) is 7.77. The van der Waals surface area contributed by atoms with E-state index in [1.54, 1.807) is 0 Å². The van der Waals surface area contributed by atoms with Crippen molar-refractivity contribution in [2.45, 2.75) is 33.2 Å². The maximum atomic E-state index is 4.30. The Balaban J connectivity index is 1.87. The Morgan fingerprint density at radius 2 is 1.88 bits per heavy atom. The lowest BCUT2D eigenvalue weighted by molar-refractivity contribution is 0.628. The van der Waals surface area contributed by atoms with Gasteiger partial charge in [-0.05, 0) is 32.3 Å². The van der Waals surface area contributed by atoms with Crippen molar-refractivity contribution < 1.29 is 0 Å². The van der Waals surface area contributed by atoms with E-state index in [9.17, 15) is 0 Å². The zero-order chi connectivity index (χ0) is 11.4. The molecular weight excluding hydrogens is 196 g/mol. The monoisotopic (exact) mass is 214 g/mol. The summed E-state index contributed by atoms with van der Waals surface area (Å²) in [6, 6.07) is 10.6. The zero-order valence-electron chi connectivity index (χ0n) is 9.98. The van der Waals surface area contributed by atoms with Gasteiger partial charge >= 0.3 is 0 Å². The predicted octanol–water partition coefficient (Wildman–Crippen LogP) is 3.13. The van der Waals surface area contributed by atoms with Gasteiger partial charge in [0, 0.05) is 12.2 Å². The van der Waals surface area contributed by atoms with Gasteiger partial charge in [-0.2, -0.15) is 0 Å². The maximum absolute atomic E-state index is 4.30. The summed E-state index contributed by atoms with van der Waals surface area (Å²) in [4.78, 5) is 4.30. The quantitative estimate of drug-likeness (QED) is 0.764. The highest BCUT2D eigenvalue weighted by Crippen LogP contribution is 2.08. The third kappa shape index (κ3) is 2.51. The second-order valence-corrected chi connectivity index (χ2v) is 4.20. The van der Waals surface area contributed by atoms with Crippen molar-refractivity contribution in [2.24, 2.45) is 0 Å². The molecule has 1 heterocycles. The fourth-order valence-electron chi connectivity index (χ4n) is 1.87. The lowest BCUT2D eigenvalue weighted by atomic mass is 10.1. The molecular formula is C14H18N2. The van der Waals surface area contributed by atoms with Gasteiger partial charge in [0.25, 0.3) is 0 Å². The third-order valence-corrected chi connectivity index (χ3v) is 3.05. The molecule has 0 amide bonds. The lowest BCUT2D eigenvalue weighted by Crippen LogP contribution is -2.00. The van der Waals surface area contributed by atoms with Gasteiger partial charge < -0.3 is 4.57 Å². The molecule has 0 aliphatic carbocycles. The minimum atomic E-state index is 1.06. The van der Waals surface area contributed by atoms with Crippen LogP contribution in [0.2, 0.25) is 0 Å². The highest BCUT2D eigenvalue weighted by molar-refractivity contribution is 5.14. The van der Waals surface area contributed by atoms with E-state index in [4.69, 9.17) is 0 Å². The topological polar surface area (TPSA) is 17.8 Å². The van der Waals surface area contributed by atoms with Gasteiger partial charge in [-0.15, -0.1) is 0 Å². The molecule has 84 valence electrons. The van der Waals surface area contributed by atoms with Crippen molar-refractivity contribution in [1.82, 2.24) is 9.55 Å². The Labute approximate surface area is 97.0 Å². The minimum Gasteiger partial charge on any atom is -0.335 e. The molecule has 0 unspecified atom stereocenters. The van der Waals surface area contributed by atoms with E-state index in [0.29, 0.717) is 0 Å². The number of benzene rings is 1. The van der Waals surface area contributed by atoms with Crippen molar-refractivity contribution in [1.29, 1.82) is 0 Å². The van der Waals surface area contributed by atoms with Crippen LogP contribution in [-0.2, 0) is 13.0 Å². The van der Waals surface area contributed by atoms with Crippen LogP contribution in [0.1, 0.15) is 23.4 Å². The Morgan fingerprint density at radius 3 is 2.50 bits per heavy atom. The van der Waals surface area contributed by atoms with Gasteiger partial charge in [0.05, 0.1) is 12.0 Å². The number of aromatic nitrogens is 2. The number of aryl methyl sites for hydroxylation is 3. The molecule has 0 spiro atoms. The van der Waals surface area contributed by atoms with Gasteiger partial charge in [-0.3, -0.25) is 0 Å². The Hall–Kier alpha value is -1.57. The second kappa shape index (κ2) is 4.97. The van der Waals surface area contributed by atoms with Gasteiger partial charge in [0.15, 0.2) is 0 Å². The van der Waals surface area contributed by atoms with Crippen LogP contribution >= 0.6 is 0 Å². The first-order valence-electron chi connectivity index (χ1n) is 5.79. The zero-order valence-corrected chi connectivity index (χ0v) is 9.98. The van der Waals surface area contributed by atoms with E-state index in [2.05, 4.69) is 53.7 Å². The van der Waals surface area contributed by atoms with Gasteiger partial charge in [-0.1, -0.05) is 30.3 Å². The fraction of sp³-hybridized carbons (Fsp3) is 0.357. The van der Waals surface area contributed by atoms with E-state index in [-0.39, 0.29) is 0 Å². The van der Waals surface area contributed by atoms with Crippen LogP contribution in [0.4, 0.5) is 0 Å². The highest BCUT2D eigenvalue weighted by atomic mass is 15.0. The molecule has 1 aromatic heterocycles. The van der Waals surface area contributed by atoms with Crippen LogP contribution in [-0.4, -0.2) is 9.55 Å². The molecule has 0 atom stereocenters. The van der Waals surface area contributed by atoms with Crippen LogP contribution in [0.15, 0.2) is 36.7 Å². The first-order valence-corrected chi connectivity index (χ1v) is 5.79. The van der Waals surface area contributed by atoms with Crippen molar-refractivity contribution in [3.63, 3.8) is 0 Å². The molecule has 16 heavy (non-hydrogen) atoms. The number of hydrogen-bond donors (Lipinski definition) is 0. The summed E-state index contributed by atoms with van der Waals surface area (Å²) in [6.45, 7) is 5.25. The number of nitrogens with zero attached hydrogens (tertiary/aromatic N) is 2. The van der Waals surface area contributed by atoms with E-state index in [1.165, 1.54) is 17.7 Å². The summed E-state index contributed by atoms with van der Waals surface area (Å²) in [5.41, 5.74) is 3.84. The second-order valence-electron chi connectivity index (χ2n) is 4.20. The van der Waals surface area contributed by atoms with Crippen LogP contribution in [0.5, 0.6) is 0 Å². The average Bonchev–Trinajstić information content (AvgIpc) is 2.62. The molecule has 0 saturated heterocycles. The normalized spacial score (nSPS) is 10.6. The summed E-state index contributed by atoms with van der Waals surface area (Å²) < 4.78 is 2.23. The van der Waals surface area contributed by atoms with Crippen molar-refractivity contribution in [2.75, 3.05) is 0 Å². The lowest BCUT2D eigenvalue weighted by Gasteiger charge is -2.05. The molecule has 0 fully saturated rings. The van der Waals surface area contributed by atoms with E-state index in [1.807, 2.05) is 6.33 Å². The van der Waals surface area contributed by atoms with Crippen molar-refractivity contribution >= 4 is 0 Å². The Kier molecular flexibility index (Phi) is 3.40. The molecule has 0 bridgehead atoms. The van der Waals surface area contributed by atoms with E-state index >= 15 is 0 Å². The number of rotatable bonds is 4. The summed E-state index contributed by atoms with van der Waals surface area (Å²) >= 11 is 0. The van der Waals surface area contributed by atoms with Gasteiger partial charge in [0.1, 0.15) is 0 Å². The molecule has 0 aliphatic heterocycles. The SMILES string of the molecule is Cc1ncn(CCCc2ccccc2)c1C. The summed E-state index contributed by atoms with van der Waals surface area (Å²) in [5.74, 6) is 0. The summed E-state index contributed by atoms with van der Waals surface area (Å²) in [6.07, 6.45) is 4.24. The fourth-order valence-corrected chi connectivity index (χ4v) is 1.87. The maximum Gasteiger partial charge on any atom is 0.0951 e. The van der Waals surface area contributed by atoms with Crippen molar-refractivity contribution in [3.8, 4) is 0 Å². The number of hydrogen-bond acceptors (Lipinski definition) is 1. The van der Waals surface area contributed by atoms with Crippen molar-refractivity contribution in [3.05, 3.63) is 53.6 Å². The molecule has 2 heteroatoms. The predicted molar refractivity (Wildman–Crippen MR) is 66.5 cm³/mol. The van der Waals surface area contributed by atoms with E-state index < -0.39 is 0 Å². The first kappa shape index (κ1) is 10.9. The Morgan fingerprint density at radius 1 is 1.12 bits per heavy atom. The Bertz CT molecular complexity index is 443. The van der Waals surface area contributed by atoms with Gasteiger partial charge in [-0.25, -0.2) is 4.98 Å². The van der Waals surface area contributed by atoms with Crippen LogP contribution in [0, 0.1) is 13.8 Å². The third-order valence-electron chi connectivity index (χ3n) is 3.05. The van der Waals surface area contributed by atoms with E-state index in [0.717, 1.165) is 18.7 Å². The molecule has 2 aromatic rings. The van der Waals surface area contributed by atoms with Gasteiger partial charge in [0.2, 0.25) is 0 Å². The molecule has 0 aliphatic rings. The molecule has 0 saturated carbocycles. The standard InChI is InChI=1S/C14H18N2/c1-12-13(2)16(11-15-12)10-6-9-14-7-4-3-5-8-14/h3-5,7-8,11H,6,9-10H2,1-2H3. The largest absolute Gasteiger partial charge is 0.335 e. The van der Waals surface area contributed by atoms with Crippen LogP contribution < -0.4 is 0 Å². The molecule has 2 rings (SSSR count).